The van der Waals surface area contributed by atoms with E-state index in [9.17, 15) is 8.42 Å². The van der Waals surface area contributed by atoms with Gasteiger partial charge in [0.2, 0.25) is 0 Å². The molecule has 6 heteroatoms. The molecule has 0 aliphatic heterocycles. The minimum Gasteiger partial charge on any atom is -0.497 e. The molecule has 1 N–H and O–H groups in total. The largest absolute Gasteiger partial charge is 0.497 e. The first-order valence-corrected chi connectivity index (χ1v) is 9.50. The Morgan fingerprint density at radius 2 is 1.65 bits per heavy atom. The minimum atomic E-state index is -3.72. The van der Waals surface area contributed by atoms with Crippen molar-refractivity contribution in [3.05, 3.63) is 72.9 Å². The van der Waals surface area contributed by atoms with Gasteiger partial charge in [-0.1, -0.05) is 36.4 Å². The predicted molar refractivity (Wildman–Crippen MR) is 103 cm³/mol. The summed E-state index contributed by atoms with van der Waals surface area (Å²) < 4.78 is 33.2. The van der Waals surface area contributed by atoms with E-state index in [-0.39, 0.29) is 4.90 Å². The van der Waals surface area contributed by atoms with E-state index in [4.69, 9.17) is 4.74 Å². The summed E-state index contributed by atoms with van der Waals surface area (Å²) >= 11 is 0. The van der Waals surface area contributed by atoms with Crippen molar-refractivity contribution >= 4 is 37.4 Å². The molecule has 3 aromatic carbocycles. The molecule has 26 heavy (non-hydrogen) atoms. The number of methoxy groups -OCH3 is 1. The van der Waals surface area contributed by atoms with Gasteiger partial charge in [0.1, 0.15) is 5.75 Å². The molecule has 0 amide bonds. The third-order valence-corrected chi connectivity index (χ3v) is 5.63. The molecular formula is C20H16N2O3S. The molecule has 0 bridgehead atoms. The molecule has 130 valence electrons. The number of hydrogen-bond donors (Lipinski definition) is 1. The van der Waals surface area contributed by atoms with Gasteiger partial charge in [-0.25, -0.2) is 8.42 Å². The van der Waals surface area contributed by atoms with Crippen molar-refractivity contribution in [3.8, 4) is 5.75 Å². The van der Waals surface area contributed by atoms with Gasteiger partial charge in [0, 0.05) is 17.0 Å². The summed E-state index contributed by atoms with van der Waals surface area (Å²) in [5, 5.41) is 2.79. The third-order valence-electron chi connectivity index (χ3n) is 4.25. The quantitative estimate of drug-likeness (QED) is 0.551. The van der Waals surface area contributed by atoms with Gasteiger partial charge >= 0.3 is 0 Å². The zero-order chi connectivity index (χ0) is 18.1. The molecule has 0 saturated carbocycles. The maximum atomic E-state index is 12.7. The summed E-state index contributed by atoms with van der Waals surface area (Å²) in [6, 6.07) is 19.7. The first-order chi connectivity index (χ1) is 12.6. The fourth-order valence-electron chi connectivity index (χ4n) is 2.94. The fourth-order valence-corrected chi connectivity index (χ4v) is 4.01. The zero-order valence-electron chi connectivity index (χ0n) is 14.0. The average molecular weight is 364 g/mol. The molecule has 0 radical (unpaired) electrons. The Morgan fingerprint density at radius 3 is 2.42 bits per heavy atom. The molecule has 5 nitrogen and oxygen atoms in total. The number of sulfonamides is 1. The summed E-state index contributed by atoms with van der Waals surface area (Å²) in [5.41, 5.74) is 1.26. The maximum absolute atomic E-state index is 12.7. The van der Waals surface area contributed by atoms with Crippen LogP contribution in [0.3, 0.4) is 0 Å². The van der Waals surface area contributed by atoms with Crippen LogP contribution in [-0.2, 0) is 10.0 Å². The second-order valence-corrected chi connectivity index (χ2v) is 7.50. The van der Waals surface area contributed by atoms with Gasteiger partial charge < -0.3 is 4.74 Å². The van der Waals surface area contributed by atoms with Gasteiger partial charge in [-0.3, -0.25) is 9.71 Å². The van der Waals surface area contributed by atoms with Gasteiger partial charge in [-0.15, -0.1) is 0 Å². The molecule has 0 spiro atoms. The lowest BCUT2D eigenvalue weighted by Crippen LogP contribution is -2.13. The monoisotopic (exact) mass is 364 g/mol. The molecule has 4 rings (SSSR count). The van der Waals surface area contributed by atoms with Crippen molar-refractivity contribution in [2.45, 2.75) is 4.90 Å². The summed E-state index contributed by atoms with van der Waals surface area (Å²) in [6.45, 7) is 0. The predicted octanol–water partition coefficient (Wildman–Crippen LogP) is 4.20. The van der Waals surface area contributed by atoms with Crippen molar-refractivity contribution < 1.29 is 13.2 Å². The summed E-state index contributed by atoms with van der Waals surface area (Å²) in [4.78, 5) is 4.61. The van der Waals surface area contributed by atoms with Crippen LogP contribution < -0.4 is 9.46 Å². The third kappa shape index (κ3) is 2.84. The lowest BCUT2D eigenvalue weighted by Gasteiger charge is -2.12. The Kier molecular flexibility index (Phi) is 3.97. The van der Waals surface area contributed by atoms with Crippen molar-refractivity contribution in [2.75, 3.05) is 11.8 Å². The smallest absolute Gasteiger partial charge is 0.261 e. The van der Waals surface area contributed by atoms with E-state index in [0.717, 1.165) is 21.7 Å². The molecule has 0 fully saturated rings. The molecule has 0 saturated heterocycles. The van der Waals surface area contributed by atoms with E-state index in [1.165, 1.54) is 19.2 Å². The van der Waals surface area contributed by atoms with Gasteiger partial charge in [-0.2, -0.15) is 0 Å². The number of nitrogens with zero attached hydrogens (tertiary/aromatic N) is 1. The second kappa shape index (κ2) is 6.31. The highest BCUT2D eigenvalue weighted by molar-refractivity contribution is 7.92. The number of ether oxygens (including phenoxy) is 1. The van der Waals surface area contributed by atoms with Crippen LogP contribution >= 0.6 is 0 Å². The minimum absolute atomic E-state index is 0.170. The van der Waals surface area contributed by atoms with E-state index in [2.05, 4.69) is 9.71 Å². The Labute approximate surface area is 151 Å². The molecular weight excluding hydrogens is 348 g/mol. The lowest BCUT2D eigenvalue weighted by atomic mass is 10.1. The van der Waals surface area contributed by atoms with Crippen LogP contribution in [0, 0.1) is 0 Å². The van der Waals surface area contributed by atoms with E-state index < -0.39 is 10.0 Å². The van der Waals surface area contributed by atoms with E-state index in [1.54, 1.807) is 24.4 Å². The Hall–Kier alpha value is -3.12. The van der Waals surface area contributed by atoms with Gasteiger partial charge in [0.05, 0.1) is 23.2 Å². The number of anilines is 1. The highest BCUT2D eigenvalue weighted by atomic mass is 32.2. The highest BCUT2D eigenvalue weighted by Crippen LogP contribution is 2.30. The van der Waals surface area contributed by atoms with Gasteiger partial charge in [-0.05, 0) is 35.7 Å². The van der Waals surface area contributed by atoms with Crippen LogP contribution in [0.25, 0.3) is 21.7 Å². The van der Waals surface area contributed by atoms with E-state index in [0.29, 0.717) is 11.4 Å². The highest BCUT2D eigenvalue weighted by Gasteiger charge is 2.16. The zero-order valence-corrected chi connectivity index (χ0v) is 14.8. The number of benzene rings is 3. The number of nitrogens with one attached hydrogen (secondary N) is 1. The molecule has 0 aliphatic carbocycles. The summed E-state index contributed by atoms with van der Waals surface area (Å²) in [7, 11) is -2.18. The standard InChI is InChI=1S/C20H16N2O3S/c1-25-15-7-9-16(10-8-15)26(23,24)22-19-12-13-21-20-17-5-3-2-4-14(17)6-11-18(19)20/h2-13H,1H3,(H,21,22). The number of fused-ring (bicyclic) bond motifs is 3. The fraction of sp³-hybridized carbons (Fsp3) is 0.0500. The molecule has 1 heterocycles. The van der Waals surface area contributed by atoms with Crippen molar-refractivity contribution in [2.24, 2.45) is 0 Å². The summed E-state index contributed by atoms with van der Waals surface area (Å²) in [6.07, 6.45) is 1.61. The lowest BCUT2D eigenvalue weighted by molar-refractivity contribution is 0.414. The van der Waals surface area contributed by atoms with Crippen LogP contribution in [0.15, 0.2) is 77.8 Å². The normalized spacial score (nSPS) is 11.6. The molecule has 0 unspecified atom stereocenters. The first-order valence-electron chi connectivity index (χ1n) is 8.02. The molecule has 0 atom stereocenters. The van der Waals surface area contributed by atoms with Gasteiger partial charge in [0.25, 0.3) is 10.0 Å². The molecule has 1 aromatic heterocycles. The van der Waals surface area contributed by atoms with Gasteiger partial charge in [0.15, 0.2) is 0 Å². The Bertz CT molecular complexity index is 1200. The average Bonchev–Trinajstić information content (AvgIpc) is 2.68. The Balaban J connectivity index is 1.80. The Morgan fingerprint density at radius 1 is 0.885 bits per heavy atom. The molecule has 0 aliphatic rings. The van der Waals surface area contributed by atoms with Crippen molar-refractivity contribution in [1.82, 2.24) is 4.98 Å². The van der Waals surface area contributed by atoms with Crippen LogP contribution in [0.1, 0.15) is 0 Å². The van der Waals surface area contributed by atoms with Crippen LogP contribution in [0.2, 0.25) is 0 Å². The maximum Gasteiger partial charge on any atom is 0.261 e. The van der Waals surface area contributed by atoms with Crippen molar-refractivity contribution in [1.29, 1.82) is 0 Å². The number of pyridine rings is 1. The van der Waals surface area contributed by atoms with Crippen molar-refractivity contribution in [3.63, 3.8) is 0 Å². The SMILES string of the molecule is COc1ccc(S(=O)(=O)Nc2ccnc3c2ccc2ccccc23)cc1. The van der Waals surface area contributed by atoms with E-state index >= 15 is 0 Å². The van der Waals surface area contributed by atoms with Crippen LogP contribution in [0.5, 0.6) is 5.75 Å². The topological polar surface area (TPSA) is 68.3 Å². The number of aromatic nitrogens is 1. The molecule has 4 aromatic rings. The second-order valence-electron chi connectivity index (χ2n) is 5.82. The van der Waals surface area contributed by atoms with E-state index in [1.807, 2.05) is 36.4 Å². The van der Waals surface area contributed by atoms with Crippen LogP contribution in [0.4, 0.5) is 5.69 Å². The number of rotatable bonds is 4. The number of hydrogen-bond acceptors (Lipinski definition) is 4. The van der Waals surface area contributed by atoms with Crippen LogP contribution in [-0.4, -0.2) is 20.5 Å². The first kappa shape index (κ1) is 16.4. The summed E-state index contributed by atoms with van der Waals surface area (Å²) in [5.74, 6) is 0.602.